The molecule has 6 rings (SSSR count). The van der Waals surface area contributed by atoms with E-state index in [1.54, 1.807) is 46.4 Å². The quantitative estimate of drug-likeness (QED) is 0.174. The van der Waals surface area contributed by atoms with Gasteiger partial charge in [0, 0.05) is 22.6 Å². The predicted octanol–water partition coefficient (Wildman–Crippen LogP) is 7.35. The Hall–Kier alpha value is -3.87. The molecule has 0 N–H and O–H groups in total. The number of aryl methyl sites for hydroxylation is 2. The van der Waals surface area contributed by atoms with Crippen molar-refractivity contribution < 1.29 is 19.0 Å². The first-order chi connectivity index (χ1) is 19.6. The van der Waals surface area contributed by atoms with Crippen LogP contribution >= 0.6 is 34.0 Å². The van der Waals surface area contributed by atoms with Crippen molar-refractivity contribution in [2.45, 2.75) is 46.8 Å². The van der Waals surface area contributed by atoms with E-state index in [0.717, 1.165) is 52.0 Å². The summed E-state index contributed by atoms with van der Waals surface area (Å²) in [6.07, 6.45) is 1.90. The minimum absolute atomic E-state index is 0.289. The van der Waals surface area contributed by atoms with Crippen molar-refractivity contribution in [3.8, 4) is 32.8 Å². The van der Waals surface area contributed by atoms with E-state index in [2.05, 4.69) is 5.10 Å². The molecule has 6 aromatic rings. The number of fused-ring (bicyclic) bond motifs is 2. The summed E-state index contributed by atoms with van der Waals surface area (Å²) in [5.74, 6) is 0.991. The Balaban J connectivity index is 1.23. The summed E-state index contributed by atoms with van der Waals surface area (Å²) in [7, 11) is 1.63. The van der Waals surface area contributed by atoms with Crippen LogP contribution in [0.1, 0.15) is 46.7 Å². The van der Waals surface area contributed by atoms with Gasteiger partial charge in [-0.25, -0.2) is 24.3 Å². The summed E-state index contributed by atoms with van der Waals surface area (Å²) in [6, 6.07) is 11.1. The Morgan fingerprint density at radius 1 is 0.976 bits per heavy atom. The molecule has 0 fully saturated rings. The second-order valence-corrected chi connectivity index (χ2v) is 13.7. The number of hydrogen-bond acceptors (Lipinski definition) is 11. The van der Waals surface area contributed by atoms with Crippen molar-refractivity contribution in [1.29, 1.82) is 0 Å². The van der Waals surface area contributed by atoms with Gasteiger partial charge in [-0.3, -0.25) is 0 Å². The van der Waals surface area contributed by atoms with Crippen molar-refractivity contribution in [1.82, 2.24) is 24.6 Å². The second-order valence-electron chi connectivity index (χ2n) is 10.4. The summed E-state index contributed by atoms with van der Waals surface area (Å²) in [6.45, 7) is 9.84. The lowest BCUT2D eigenvalue weighted by Crippen LogP contribution is -2.23. The molecule has 12 heteroatoms. The maximum absolute atomic E-state index is 12.4. The zero-order valence-electron chi connectivity index (χ0n) is 23.3. The molecule has 210 valence electrons. The summed E-state index contributed by atoms with van der Waals surface area (Å²) in [5.41, 5.74) is 3.29. The topological polar surface area (TPSA) is 101 Å². The molecular weight excluding hydrogens is 579 g/mol. The molecule has 0 radical (unpaired) electrons. The van der Waals surface area contributed by atoms with E-state index >= 15 is 0 Å². The fraction of sp³-hybridized carbons (Fsp3) is 0.276. The van der Waals surface area contributed by atoms with Gasteiger partial charge in [-0.1, -0.05) is 23.5 Å². The van der Waals surface area contributed by atoms with Crippen molar-refractivity contribution in [2.24, 2.45) is 0 Å². The number of benzene rings is 2. The largest absolute Gasteiger partial charge is 0.497 e. The number of nitrogens with zero attached hydrogens (tertiary/aromatic N) is 5. The van der Waals surface area contributed by atoms with Gasteiger partial charge in [0.25, 0.3) is 0 Å². The van der Waals surface area contributed by atoms with Crippen LogP contribution in [0.2, 0.25) is 0 Å². The third-order valence-electron chi connectivity index (χ3n) is 6.05. The standard InChI is InChI=1S/C29H27N5O4S3/c1-15-22(31-25(39-15)17-7-9-18(10-8-17)27(35)38-29(3,4)5)14-37-23-12-19(36-6)11-20-24(23)41-26(30-20)21-13-34-28(32-21)40-16(2)33-34/h7-13H,14H2,1-6H3. The molecule has 41 heavy (non-hydrogen) atoms. The molecule has 4 heterocycles. The van der Waals surface area contributed by atoms with Crippen molar-refractivity contribution >= 4 is 55.2 Å². The van der Waals surface area contributed by atoms with Gasteiger partial charge in [0.2, 0.25) is 4.96 Å². The third kappa shape index (κ3) is 5.67. The summed E-state index contributed by atoms with van der Waals surface area (Å²) < 4.78 is 20.0. The minimum Gasteiger partial charge on any atom is -0.497 e. The monoisotopic (exact) mass is 605 g/mol. The van der Waals surface area contributed by atoms with Crippen molar-refractivity contribution in [2.75, 3.05) is 7.11 Å². The lowest BCUT2D eigenvalue weighted by molar-refractivity contribution is 0.00695. The van der Waals surface area contributed by atoms with Crippen LogP contribution in [0.4, 0.5) is 0 Å². The van der Waals surface area contributed by atoms with E-state index in [1.165, 1.54) is 11.3 Å². The van der Waals surface area contributed by atoms with Gasteiger partial charge in [0.1, 0.15) is 44.4 Å². The fourth-order valence-electron chi connectivity index (χ4n) is 4.13. The number of thiazole rings is 2. The fourth-order valence-corrected chi connectivity index (χ4v) is 6.75. The van der Waals surface area contributed by atoms with Gasteiger partial charge in [0.05, 0.1) is 34.8 Å². The summed E-state index contributed by atoms with van der Waals surface area (Å²) in [4.78, 5) is 28.6. The molecule has 0 unspecified atom stereocenters. The molecule has 0 aliphatic heterocycles. The maximum Gasteiger partial charge on any atom is 0.338 e. The minimum atomic E-state index is -0.543. The number of aromatic nitrogens is 5. The first-order valence-electron chi connectivity index (χ1n) is 12.8. The van der Waals surface area contributed by atoms with Crippen LogP contribution in [0.3, 0.4) is 0 Å². The van der Waals surface area contributed by atoms with Crippen LogP contribution in [-0.2, 0) is 11.3 Å². The molecule has 9 nitrogen and oxygen atoms in total. The van der Waals surface area contributed by atoms with Gasteiger partial charge in [-0.2, -0.15) is 5.10 Å². The first-order valence-corrected chi connectivity index (χ1v) is 15.3. The Morgan fingerprint density at radius 3 is 2.46 bits per heavy atom. The first kappa shape index (κ1) is 27.3. The number of carbonyl (C=O) groups excluding carboxylic acids is 1. The number of carbonyl (C=O) groups is 1. The van der Waals surface area contributed by atoms with Crippen molar-refractivity contribution in [3.05, 3.63) is 63.7 Å². The van der Waals surface area contributed by atoms with Crippen LogP contribution in [0.5, 0.6) is 11.5 Å². The summed E-state index contributed by atoms with van der Waals surface area (Å²) in [5, 5.41) is 7.06. The lowest BCUT2D eigenvalue weighted by Gasteiger charge is -2.19. The number of rotatable bonds is 7. The zero-order chi connectivity index (χ0) is 28.9. The Labute approximate surface area is 248 Å². The van der Waals surface area contributed by atoms with Crippen LogP contribution in [-0.4, -0.2) is 43.2 Å². The van der Waals surface area contributed by atoms with E-state index in [9.17, 15) is 4.79 Å². The average Bonchev–Trinajstić information content (AvgIpc) is 3.68. The molecule has 0 amide bonds. The molecule has 0 spiro atoms. The average molecular weight is 606 g/mol. The number of imidazole rings is 1. The Morgan fingerprint density at radius 2 is 1.76 bits per heavy atom. The van der Waals surface area contributed by atoms with Crippen LogP contribution in [0.15, 0.2) is 42.6 Å². The zero-order valence-corrected chi connectivity index (χ0v) is 25.8. The smallest absolute Gasteiger partial charge is 0.338 e. The normalized spacial score (nSPS) is 11.9. The molecule has 4 aromatic heterocycles. The highest BCUT2D eigenvalue weighted by Crippen LogP contribution is 2.39. The molecular formula is C29H27N5O4S3. The second kappa shape index (κ2) is 10.5. The molecule has 0 aliphatic rings. The van der Waals surface area contributed by atoms with E-state index < -0.39 is 5.60 Å². The van der Waals surface area contributed by atoms with Crippen molar-refractivity contribution in [3.63, 3.8) is 0 Å². The van der Waals surface area contributed by atoms with E-state index in [4.69, 9.17) is 29.2 Å². The van der Waals surface area contributed by atoms with Crippen LogP contribution in [0, 0.1) is 13.8 Å². The highest BCUT2D eigenvalue weighted by atomic mass is 32.1. The molecule has 2 aromatic carbocycles. The highest BCUT2D eigenvalue weighted by Gasteiger charge is 2.20. The highest BCUT2D eigenvalue weighted by molar-refractivity contribution is 7.22. The predicted molar refractivity (Wildman–Crippen MR) is 163 cm³/mol. The van der Waals surface area contributed by atoms with Gasteiger partial charge in [-0.15, -0.1) is 22.7 Å². The van der Waals surface area contributed by atoms with Gasteiger partial charge in [0.15, 0.2) is 0 Å². The Kier molecular flexibility index (Phi) is 7.00. The third-order valence-corrected chi connectivity index (χ3v) is 9.06. The maximum atomic E-state index is 12.4. The van der Waals surface area contributed by atoms with Gasteiger partial charge < -0.3 is 14.2 Å². The number of ether oxygens (including phenoxy) is 3. The Bertz CT molecular complexity index is 1860. The van der Waals surface area contributed by atoms with E-state index in [1.807, 2.05) is 65.1 Å². The number of hydrogen-bond donors (Lipinski definition) is 0. The van der Waals surface area contributed by atoms with Gasteiger partial charge in [-0.05, 0) is 46.8 Å². The number of esters is 1. The van der Waals surface area contributed by atoms with E-state index in [-0.39, 0.29) is 12.6 Å². The summed E-state index contributed by atoms with van der Waals surface area (Å²) >= 11 is 4.65. The molecule has 0 bridgehead atoms. The van der Waals surface area contributed by atoms with Crippen LogP contribution < -0.4 is 9.47 Å². The molecule has 0 saturated carbocycles. The molecule has 0 saturated heterocycles. The SMILES string of the molecule is COc1cc(OCc2nc(-c3ccc(C(=O)OC(C)(C)C)cc3)sc2C)c2sc(-c3cn4nc(C)sc4n3)nc2c1. The number of methoxy groups -OCH3 is 1. The molecule has 0 aliphatic carbocycles. The van der Waals surface area contributed by atoms with Crippen LogP contribution in [0.25, 0.3) is 36.5 Å². The lowest BCUT2D eigenvalue weighted by atomic mass is 10.1. The molecule has 0 atom stereocenters. The van der Waals surface area contributed by atoms with E-state index in [0.29, 0.717) is 17.1 Å². The van der Waals surface area contributed by atoms with Gasteiger partial charge >= 0.3 is 5.97 Å².